The molecule has 0 aliphatic heterocycles. The van der Waals surface area contributed by atoms with Gasteiger partial charge in [-0.15, -0.1) is 0 Å². The molecule has 33 valence electrons. The summed E-state index contributed by atoms with van der Waals surface area (Å²) in [6.07, 6.45) is 0. The predicted octanol–water partition coefficient (Wildman–Crippen LogP) is -0.461. The summed E-state index contributed by atoms with van der Waals surface area (Å²) in [5.41, 5.74) is 0. The Balaban J connectivity index is 0. The third-order valence-electron chi connectivity index (χ3n) is 0. The SMILES string of the molecule is C=O.O=[CH][Ni]. The van der Waals surface area contributed by atoms with E-state index in [1.54, 1.807) is 0 Å². The summed E-state index contributed by atoms with van der Waals surface area (Å²) in [4.78, 5) is 16.6. The Kier molecular flexibility index (Phi) is 78.4. The first-order valence-electron chi connectivity index (χ1n) is 0.707. The molecule has 0 saturated heterocycles. The van der Waals surface area contributed by atoms with Crippen LogP contribution in [0.1, 0.15) is 0 Å². The number of hydrogen-bond donors (Lipinski definition) is 0. The molecule has 3 heteroatoms. The van der Waals surface area contributed by atoms with Gasteiger partial charge in [-0.3, -0.25) is 0 Å². The summed E-state index contributed by atoms with van der Waals surface area (Å²) in [5, 5.41) is 0.375. The molecule has 0 rings (SSSR count). The molecule has 0 saturated carbocycles. The van der Waals surface area contributed by atoms with E-state index in [0.717, 1.165) is 0 Å². The molecule has 0 N–H and O–H groups in total. The zero-order chi connectivity index (χ0) is 4.71. The summed E-state index contributed by atoms with van der Waals surface area (Å²) in [6, 6.07) is 0. The Morgan fingerprint density at radius 3 is 1.60 bits per heavy atom. The minimum absolute atomic E-state index is 0.375. The Labute approximate surface area is 37.9 Å². The summed E-state index contributed by atoms with van der Waals surface area (Å²) in [7, 11) is 0. The molecule has 0 atom stereocenters. The van der Waals surface area contributed by atoms with Crippen LogP contribution in [0.2, 0.25) is 0 Å². The van der Waals surface area contributed by atoms with Gasteiger partial charge in [-0.05, 0) is 0 Å². The van der Waals surface area contributed by atoms with E-state index in [0.29, 0.717) is 5.26 Å². The van der Waals surface area contributed by atoms with Gasteiger partial charge in [0.25, 0.3) is 0 Å². The summed E-state index contributed by atoms with van der Waals surface area (Å²) < 4.78 is 0. The van der Waals surface area contributed by atoms with Crippen LogP contribution in [0, 0.1) is 0 Å². The van der Waals surface area contributed by atoms with Crippen LogP contribution < -0.4 is 0 Å². The van der Waals surface area contributed by atoms with Crippen LogP contribution in [0.15, 0.2) is 0 Å². The van der Waals surface area contributed by atoms with Crippen molar-refractivity contribution >= 4 is 12.0 Å². The fourth-order valence-corrected chi connectivity index (χ4v) is 0. The van der Waals surface area contributed by atoms with Crippen molar-refractivity contribution in [1.82, 2.24) is 0 Å². The van der Waals surface area contributed by atoms with E-state index in [2.05, 4.69) is 15.5 Å². The van der Waals surface area contributed by atoms with Crippen molar-refractivity contribution < 1.29 is 25.1 Å². The molecule has 2 nitrogen and oxygen atoms in total. The normalized spacial score (nSPS) is 3.60. The van der Waals surface area contributed by atoms with Crippen molar-refractivity contribution in [3.63, 3.8) is 0 Å². The van der Waals surface area contributed by atoms with E-state index < -0.39 is 0 Å². The van der Waals surface area contributed by atoms with Gasteiger partial charge in [0.15, 0.2) is 0 Å². The van der Waals surface area contributed by atoms with E-state index >= 15 is 0 Å². The van der Waals surface area contributed by atoms with Crippen LogP contribution in [0.5, 0.6) is 0 Å². The Morgan fingerprint density at radius 2 is 1.60 bits per heavy atom. The first-order valence-corrected chi connectivity index (χ1v) is 1.28. The second-order valence-electron chi connectivity index (χ2n) is 0.0745. The molecule has 0 aromatic rings. The Bertz CT molecular complexity index is 21.6. The molecule has 0 aliphatic carbocycles. The average Bonchev–Trinajstić information content (AvgIpc) is 1.46. The van der Waals surface area contributed by atoms with Crippen molar-refractivity contribution in [3.8, 4) is 0 Å². The zero-order valence-electron chi connectivity index (χ0n) is 2.42. The zero-order valence-corrected chi connectivity index (χ0v) is 3.40. The molecule has 0 aliphatic rings. The monoisotopic (exact) mass is 117 g/mol. The van der Waals surface area contributed by atoms with E-state index in [1.165, 1.54) is 0 Å². The maximum atomic E-state index is 8.64. The van der Waals surface area contributed by atoms with E-state index in [9.17, 15) is 0 Å². The topological polar surface area (TPSA) is 34.1 Å². The Morgan fingerprint density at radius 1 is 1.60 bits per heavy atom. The number of hydrogen-bond acceptors (Lipinski definition) is 2. The molecular formula is C2H3NiO2. The molecule has 0 amide bonds. The molecule has 0 aromatic heterocycles. The van der Waals surface area contributed by atoms with Crippen molar-refractivity contribution in [2.24, 2.45) is 0 Å². The van der Waals surface area contributed by atoms with Crippen LogP contribution >= 0.6 is 0 Å². The van der Waals surface area contributed by atoms with Gasteiger partial charge in [0.05, 0.1) is 0 Å². The molecule has 0 fully saturated rings. The van der Waals surface area contributed by atoms with Gasteiger partial charge >= 0.3 is 25.5 Å². The molecule has 0 spiro atoms. The van der Waals surface area contributed by atoms with Crippen molar-refractivity contribution in [3.05, 3.63) is 0 Å². The van der Waals surface area contributed by atoms with Crippen LogP contribution in [0.4, 0.5) is 0 Å². The van der Waals surface area contributed by atoms with E-state index in [-0.39, 0.29) is 0 Å². The summed E-state index contributed by atoms with van der Waals surface area (Å²) in [5.74, 6) is 0. The molecule has 0 bridgehead atoms. The molecule has 0 heterocycles. The second kappa shape index (κ2) is 44.3. The van der Waals surface area contributed by atoms with Gasteiger partial charge in [0.2, 0.25) is 0 Å². The number of carbonyl (C=O) groups excluding carboxylic acids is 2. The molecular weight excluding hydrogens is 115 g/mol. The van der Waals surface area contributed by atoms with Gasteiger partial charge in [-0.1, -0.05) is 0 Å². The van der Waals surface area contributed by atoms with Gasteiger partial charge in [0.1, 0.15) is 6.79 Å². The van der Waals surface area contributed by atoms with Gasteiger partial charge in [0, 0.05) is 0 Å². The van der Waals surface area contributed by atoms with Crippen LogP contribution in [0.3, 0.4) is 0 Å². The summed E-state index contributed by atoms with van der Waals surface area (Å²) in [6.45, 7) is 2.00. The van der Waals surface area contributed by atoms with E-state index in [1.807, 2.05) is 6.79 Å². The first kappa shape index (κ1) is 8.85. The minimum atomic E-state index is 0.375. The molecule has 0 unspecified atom stereocenters. The first-order chi connectivity index (χ1) is 2.41. The van der Waals surface area contributed by atoms with Gasteiger partial charge in [-0.2, -0.15) is 0 Å². The van der Waals surface area contributed by atoms with E-state index in [4.69, 9.17) is 9.59 Å². The van der Waals surface area contributed by atoms with Gasteiger partial charge < -0.3 is 4.79 Å². The summed E-state index contributed by atoms with van der Waals surface area (Å²) >= 11 is 3.49. The number of carbonyl (C=O) groups is 2. The van der Waals surface area contributed by atoms with Crippen LogP contribution in [-0.4, -0.2) is 12.0 Å². The fourth-order valence-electron chi connectivity index (χ4n) is 0. The molecule has 5 heavy (non-hydrogen) atoms. The maximum absolute atomic E-state index is 8.64. The third-order valence-corrected chi connectivity index (χ3v) is 0. The predicted molar refractivity (Wildman–Crippen MR) is 13.9 cm³/mol. The van der Waals surface area contributed by atoms with Crippen molar-refractivity contribution in [2.45, 2.75) is 0 Å². The van der Waals surface area contributed by atoms with Crippen molar-refractivity contribution in [1.29, 1.82) is 0 Å². The molecule has 0 radical (unpaired) electrons. The fraction of sp³-hybridized carbons (Fsp3) is 0. The van der Waals surface area contributed by atoms with Crippen molar-refractivity contribution in [2.75, 3.05) is 0 Å². The number of rotatable bonds is 0. The molecule has 0 aromatic carbocycles. The van der Waals surface area contributed by atoms with Crippen LogP contribution in [0.25, 0.3) is 0 Å². The Hall–Kier alpha value is -0.166. The third kappa shape index (κ3) is 465. The van der Waals surface area contributed by atoms with Gasteiger partial charge in [-0.25, -0.2) is 0 Å². The van der Waals surface area contributed by atoms with Crippen LogP contribution in [-0.2, 0) is 25.1 Å². The quantitative estimate of drug-likeness (QED) is 0.318. The second-order valence-corrected chi connectivity index (χ2v) is 0.307. The standard InChI is InChI=1S/CH2O.CHO.Ni/c2*1-2;/h1H2;1H;. The average molecular weight is 118 g/mol.